The Morgan fingerprint density at radius 2 is 2.08 bits per heavy atom. The second-order valence-corrected chi connectivity index (χ2v) is 8.77. The molecule has 2 heterocycles. The first kappa shape index (κ1) is 18.6. The number of benzene rings is 1. The molecule has 0 atom stereocenters. The number of hydrogen-bond acceptors (Lipinski definition) is 5. The molecule has 2 N–H and O–H groups in total. The molecular weight excluding hydrogens is 366 g/mol. The van der Waals surface area contributed by atoms with E-state index in [2.05, 4.69) is 4.98 Å². The van der Waals surface area contributed by atoms with Gasteiger partial charge in [-0.05, 0) is 30.0 Å². The van der Waals surface area contributed by atoms with Gasteiger partial charge in [-0.2, -0.15) is 0 Å². The molecule has 0 amide bonds. The standard InChI is InChI=1S/C19H21N3O2S2/c1-15-13-21-14-16-5-2-7-18(19(15)16)26(23,24)22(10-4-9-20)11-8-17-6-3-12-25-17/h2-7,10,12-14H,8-9,11,20H2,1H3. The van der Waals surface area contributed by atoms with Crippen molar-refractivity contribution in [1.29, 1.82) is 0 Å². The highest BCUT2D eigenvalue weighted by Gasteiger charge is 2.24. The van der Waals surface area contributed by atoms with Crippen molar-refractivity contribution < 1.29 is 8.42 Å². The summed E-state index contributed by atoms with van der Waals surface area (Å²) in [6.45, 7) is 2.52. The molecule has 136 valence electrons. The van der Waals surface area contributed by atoms with Gasteiger partial charge in [0.2, 0.25) is 0 Å². The second-order valence-electron chi connectivity index (χ2n) is 5.88. The van der Waals surface area contributed by atoms with Gasteiger partial charge in [0.05, 0.1) is 4.90 Å². The van der Waals surface area contributed by atoms with Crippen LogP contribution in [0.4, 0.5) is 0 Å². The Balaban J connectivity index is 2.03. The van der Waals surface area contributed by atoms with Gasteiger partial charge >= 0.3 is 0 Å². The van der Waals surface area contributed by atoms with E-state index >= 15 is 0 Å². The molecule has 0 aliphatic heterocycles. The van der Waals surface area contributed by atoms with Gasteiger partial charge in [-0.1, -0.05) is 24.3 Å². The first-order valence-corrected chi connectivity index (χ1v) is 10.6. The molecule has 0 unspecified atom stereocenters. The highest BCUT2D eigenvalue weighted by molar-refractivity contribution is 7.89. The van der Waals surface area contributed by atoms with Crippen molar-refractivity contribution in [2.45, 2.75) is 18.2 Å². The number of nitrogens with two attached hydrogens (primary N) is 1. The lowest BCUT2D eigenvalue weighted by Gasteiger charge is -2.22. The Morgan fingerprint density at radius 3 is 2.81 bits per heavy atom. The predicted octanol–water partition coefficient (Wildman–Crippen LogP) is 3.31. The van der Waals surface area contributed by atoms with Crippen molar-refractivity contribution in [1.82, 2.24) is 9.29 Å². The Bertz CT molecular complexity index is 1010. The summed E-state index contributed by atoms with van der Waals surface area (Å²) in [5, 5.41) is 3.52. The maximum absolute atomic E-state index is 13.4. The van der Waals surface area contributed by atoms with Crippen molar-refractivity contribution in [3.8, 4) is 0 Å². The molecule has 0 saturated carbocycles. The minimum absolute atomic E-state index is 0.281. The summed E-state index contributed by atoms with van der Waals surface area (Å²) in [6, 6.07) is 9.26. The summed E-state index contributed by atoms with van der Waals surface area (Å²) in [7, 11) is -3.71. The van der Waals surface area contributed by atoms with Gasteiger partial charge in [-0.3, -0.25) is 9.29 Å². The van der Waals surface area contributed by atoms with Crippen LogP contribution < -0.4 is 5.73 Å². The van der Waals surface area contributed by atoms with E-state index in [9.17, 15) is 8.42 Å². The van der Waals surface area contributed by atoms with Crippen molar-refractivity contribution in [2.24, 2.45) is 5.73 Å². The van der Waals surface area contributed by atoms with Crippen molar-refractivity contribution in [3.05, 3.63) is 70.8 Å². The first-order chi connectivity index (χ1) is 12.5. The minimum Gasteiger partial charge on any atom is -0.327 e. The van der Waals surface area contributed by atoms with Crippen molar-refractivity contribution >= 4 is 32.1 Å². The summed E-state index contributed by atoms with van der Waals surface area (Å²) in [4.78, 5) is 5.60. The third kappa shape index (κ3) is 3.80. The van der Waals surface area contributed by atoms with Crippen LogP contribution in [-0.2, 0) is 16.4 Å². The van der Waals surface area contributed by atoms with Crippen molar-refractivity contribution in [3.63, 3.8) is 0 Å². The number of thiophene rings is 1. The lowest BCUT2D eigenvalue weighted by Crippen LogP contribution is -2.28. The van der Waals surface area contributed by atoms with Crippen LogP contribution in [-0.4, -0.2) is 30.8 Å². The fraction of sp³-hybridized carbons (Fsp3) is 0.211. The molecule has 0 fully saturated rings. The lowest BCUT2D eigenvalue weighted by atomic mass is 10.1. The average molecular weight is 388 g/mol. The first-order valence-electron chi connectivity index (χ1n) is 8.28. The van der Waals surface area contributed by atoms with E-state index in [1.165, 1.54) is 4.31 Å². The van der Waals surface area contributed by atoms with Crippen LogP contribution in [0.2, 0.25) is 0 Å². The largest absolute Gasteiger partial charge is 0.327 e. The minimum atomic E-state index is -3.71. The van der Waals surface area contributed by atoms with E-state index in [1.807, 2.05) is 30.5 Å². The number of nitrogens with zero attached hydrogens (tertiary/aromatic N) is 2. The molecule has 3 rings (SSSR count). The number of pyridine rings is 1. The third-order valence-corrected chi connectivity index (χ3v) is 6.84. The van der Waals surface area contributed by atoms with Gasteiger partial charge in [0.15, 0.2) is 0 Å². The molecule has 0 saturated heterocycles. The van der Waals surface area contributed by atoms with Crippen LogP contribution in [0.3, 0.4) is 0 Å². The average Bonchev–Trinajstić information content (AvgIpc) is 3.15. The van der Waals surface area contributed by atoms with Gasteiger partial charge in [0, 0.05) is 53.8 Å². The van der Waals surface area contributed by atoms with Gasteiger partial charge in [-0.25, -0.2) is 8.42 Å². The van der Waals surface area contributed by atoms with Gasteiger partial charge in [-0.15, -0.1) is 11.3 Å². The summed E-state index contributed by atoms with van der Waals surface area (Å²) in [5.74, 6) is 0. The Kier molecular flexibility index (Phi) is 5.70. The smallest absolute Gasteiger partial charge is 0.264 e. The quantitative estimate of drug-likeness (QED) is 0.675. The summed E-state index contributed by atoms with van der Waals surface area (Å²) >= 11 is 1.62. The SMILES string of the molecule is Cc1cncc2cccc(S(=O)(=O)N(C=CCN)CCc3cccs3)c12. The predicted molar refractivity (Wildman–Crippen MR) is 107 cm³/mol. The van der Waals surface area contributed by atoms with Crippen LogP contribution in [0.1, 0.15) is 10.4 Å². The Hall–Kier alpha value is -2.22. The molecule has 0 bridgehead atoms. The Morgan fingerprint density at radius 1 is 1.23 bits per heavy atom. The van der Waals surface area contributed by atoms with E-state index in [4.69, 9.17) is 5.73 Å². The molecular formula is C19H21N3O2S2. The maximum atomic E-state index is 13.4. The highest BCUT2D eigenvalue weighted by atomic mass is 32.2. The summed E-state index contributed by atoms with van der Waals surface area (Å²) in [6.07, 6.45) is 7.25. The van der Waals surface area contributed by atoms with Crippen LogP contribution in [0.15, 0.2) is 65.3 Å². The molecule has 0 spiro atoms. The zero-order valence-corrected chi connectivity index (χ0v) is 16.1. The fourth-order valence-corrected chi connectivity index (χ4v) is 5.16. The number of sulfonamides is 1. The van der Waals surface area contributed by atoms with E-state index < -0.39 is 10.0 Å². The molecule has 7 heteroatoms. The number of hydrogen-bond donors (Lipinski definition) is 1. The topological polar surface area (TPSA) is 76.3 Å². The van der Waals surface area contributed by atoms with E-state index in [0.29, 0.717) is 23.2 Å². The normalized spacial score (nSPS) is 12.1. The number of aryl methyl sites for hydroxylation is 1. The zero-order chi connectivity index (χ0) is 18.6. The fourth-order valence-electron chi connectivity index (χ4n) is 2.84. The van der Waals surface area contributed by atoms with Crippen molar-refractivity contribution in [2.75, 3.05) is 13.1 Å². The third-order valence-electron chi connectivity index (χ3n) is 4.09. The summed E-state index contributed by atoms with van der Waals surface area (Å²) < 4.78 is 28.1. The highest BCUT2D eigenvalue weighted by Crippen LogP contribution is 2.28. The molecule has 0 aliphatic carbocycles. The Labute approximate surface area is 157 Å². The number of rotatable bonds is 7. The van der Waals surface area contributed by atoms with E-state index in [0.717, 1.165) is 15.8 Å². The van der Waals surface area contributed by atoms with Gasteiger partial charge < -0.3 is 5.73 Å². The number of aromatic nitrogens is 1. The molecule has 1 aromatic carbocycles. The molecule has 26 heavy (non-hydrogen) atoms. The van der Waals surface area contributed by atoms with E-state index in [-0.39, 0.29) is 6.54 Å². The zero-order valence-electron chi connectivity index (χ0n) is 14.5. The molecule has 0 aliphatic rings. The molecule has 0 radical (unpaired) electrons. The monoisotopic (exact) mass is 387 g/mol. The lowest BCUT2D eigenvalue weighted by molar-refractivity contribution is 0.500. The number of fused-ring (bicyclic) bond motifs is 1. The maximum Gasteiger partial charge on any atom is 0.264 e. The molecule has 5 nitrogen and oxygen atoms in total. The van der Waals surface area contributed by atoms with Crippen LogP contribution in [0.25, 0.3) is 10.8 Å². The van der Waals surface area contributed by atoms with Crippen LogP contribution in [0.5, 0.6) is 0 Å². The molecule has 2 aromatic heterocycles. The summed E-state index contributed by atoms with van der Waals surface area (Å²) in [5.41, 5.74) is 6.39. The second kappa shape index (κ2) is 7.99. The van der Waals surface area contributed by atoms with Crippen LogP contribution >= 0.6 is 11.3 Å². The van der Waals surface area contributed by atoms with Gasteiger partial charge in [0.25, 0.3) is 10.0 Å². The van der Waals surface area contributed by atoms with Gasteiger partial charge in [0.1, 0.15) is 0 Å². The van der Waals surface area contributed by atoms with Crippen LogP contribution in [0, 0.1) is 6.92 Å². The van der Waals surface area contributed by atoms with E-state index in [1.54, 1.807) is 48.1 Å². The molecule has 3 aromatic rings.